The highest BCUT2D eigenvalue weighted by molar-refractivity contribution is 6.14. The van der Waals surface area contributed by atoms with Gasteiger partial charge in [-0.1, -0.05) is 51.3 Å². The van der Waals surface area contributed by atoms with Gasteiger partial charge in [-0.15, -0.1) is 0 Å². The second-order valence-corrected chi connectivity index (χ2v) is 8.33. The van der Waals surface area contributed by atoms with Crippen molar-refractivity contribution in [3.63, 3.8) is 0 Å². The SMILES string of the molecule is CCCCC(CC)Cn1c2ccccc2c2cc(C(=O)c3ccc(OC)cc3)ccc21. The molecule has 1 heterocycles. The van der Waals surface area contributed by atoms with E-state index < -0.39 is 0 Å². The van der Waals surface area contributed by atoms with Crippen molar-refractivity contribution >= 4 is 27.6 Å². The molecule has 0 fully saturated rings. The predicted molar refractivity (Wildman–Crippen MR) is 129 cm³/mol. The number of aromatic nitrogens is 1. The molecular weight excluding hydrogens is 382 g/mol. The third-order valence-corrected chi connectivity index (χ3v) is 6.37. The maximum atomic E-state index is 13.1. The van der Waals surface area contributed by atoms with Gasteiger partial charge in [0, 0.05) is 39.5 Å². The van der Waals surface area contributed by atoms with Gasteiger partial charge in [-0.2, -0.15) is 0 Å². The normalized spacial score (nSPS) is 12.4. The molecular formula is C28H31NO2. The smallest absolute Gasteiger partial charge is 0.193 e. The molecule has 0 N–H and O–H groups in total. The van der Waals surface area contributed by atoms with Crippen molar-refractivity contribution in [1.82, 2.24) is 4.57 Å². The van der Waals surface area contributed by atoms with Crippen LogP contribution in [-0.2, 0) is 6.54 Å². The van der Waals surface area contributed by atoms with Gasteiger partial charge in [-0.3, -0.25) is 4.79 Å². The summed E-state index contributed by atoms with van der Waals surface area (Å²) >= 11 is 0. The Hall–Kier alpha value is -3.07. The molecule has 0 amide bonds. The van der Waals surface area contributed by atoms with Crippen molar-refractivity contribution in [1.29, 1.82) is 0 Å². The maximum Gasteiger partial charge on any atom is 0.193 e. The summed E-state index contributed by atoms with van der Waals surface area (Å²) in [4.78, 5) is 13.1. The topological polar surface area (TPSA) is 31.2 Å². The zero-order chi connectivity index (χ0) is 21.8. The van der Waals surface area contributed by atoms with Gasteiger partial charge in [0.25, 0.3) is 0 Å². The number of methoxy groups -OCH3 is 1. The first-order valence-corrected chi connectivity index (χ1v) is 11.4. The van der Waals surface area contributed by atoms with Crippen LogP contribution in [0.5, 0.6) is 5.75 Å². The molecule has 1 unspecified atom stereocenters. The lowest BCUT2D eigenvalue weighted by atomic mass is 9.99. The van der Waals surface area contributed by atoms with Crippen LogP contribution in [-0.4, -0.2) is 17.5 Å². The highest BCUT2D eigenvalue weighted by Crippen LogP contribution is 2.32. The van der Waals surface area contributed by atoms with Crippen LogP contribution >= 0.6 is 0 Å². The van der Waals surface area contributed by atoms with E-state index in [0.29, 0.717) is 11.5 Å². The zero-order valence-corrected chi connectivity index (χ0v) is 18.7. The van der Waals surface area contributed by atoms with Crippen molar-refractivity contribution < 1.29 is 9.53 Å². The second kappa shape index (κ2) is 9.38. The molecule has 1 atom stereocenters. The van der Waals surface area contributed by atoms with Gasteiger partial charge in [0.1, 0.15) is 5.75 Å². The molecule has 0 aliphatic heterocycles. The lowest BCUT2D eigenvalue weighted by Gasteiger charge is -2.17. The quantitative estimate of drug-likeness (QED) is 0.271. The summed E-state index contributed by atoms with van der Waals surface area (Å²) in [5, 5.41) is 2.37. The number of rotatable bonds is 9. The Morgan fingerprint density at radius 2 is 1.61 bits per heavy atom. The third kappa shape index (κ3) is 4.23. The van der Waals surface area contributed by atoms with Crippen LogP contribution < -0.4 is 4.74 Å². The average Bonchev–Trinajstić information content (AvgIpc) is 3.14. The van der Waals surface area contributed by atoms with E-state index in [1.165, 1.54) is 42.1 Å². The molecule has 1 aromatic heterocycles. The van der Waals surface area contributed by atoms with Gasteiger partial charge in [-0.25, -0.2) is 0 Å². The molecule has 0 saturated carbocycles. The minimum atomic E-state index is 0.0377. The Bertz CT molecular complexity index is 1190. The number of benzene rings is 3. The number of fused-ring (bicyclic) bond motifs is 3. The van der Waals surface area contributed by atoms with Crippen LogP contribution in [0.15, 0.2) is 66.7 Å². The fourth-order valence-electron chi connectivity index (χ4n) is 4.48. The summed E-state index contributed by atoms with van der Waals surface area (Å²) < 4.78 is 7.67. The van der Waals surface area contributed by atoms with Crippen molar-refractivity contribution in [2.45, 2.75) is 46.1 Å². The summed E-state index contributed by atoms with van der Waals surface area (Å²) in [6, 6.07) is 22.0. The van der Waals surface area contributed by atoms with Gasteiger partial charge in [0.15, 0.2) is 5.78 Å². The number of carbonyl (C=O) groups excluding carboxylic acids is 1. The van der Waals surface area contributed by atoms with Crippen molar-refractivity contribution in [2.24, 2.45) is 5.92 Å². The Labute approximate surface area is 184 Å². The second-order valence-electron chi connectivity index (χ2n) is 8.33. The predicted octanol–water partition coefficient (Wildman–Crippen LogP) is 7.25. The first-order valence-electron chi connectivity index (χ1n) is 11.4. The molecule has 3 heteroatoms. The molecule has 0 aliphatic rings. The molecule has 160 valence electrons. The minimum absolute atomic E-state index is 0.0377. The van der Waals surface area contributed by atoms with E-state index in [2.05, 4.69) is 54.8 Å². The van der Waals surface area contributed by atoms with E-state index in [4.69, 9.17) is 4.74 Å². The minimum Gasteiger partial charge on any atom is -0.497 e. The number of hydrogen-bond acceptors (Lipinski definition) is 2. The molecule has 0 bridgehead atoms. The van der Waals surface area contributed by atoms with Crippen LogP contribution in [0.4, 0.5) is 0 Å². The number of hydrogen-bond donors (Lipinski definition) is 0. The number of unbranched alkanes of at least 4 members (excludes halogenated alkanes) is 1. The van der Waals surface area contributed by atoms with Crippen LogP contribution in [0.25, 0.3) is 21.8 Å². The number of ketones is 1. The van der Waals surface area contributed by atoms with Crippen molar-refractivity contribution in [3.05, 3.63) is 77.9 Å². The molecule has 0 spiro atoms. The van der Waals surface area contributed by atoms with E-state index in [1.807, 2.05) is 30.3 Å². The van der Waals surface area contributed by atoms with Crippen molar-refractivity contribution in [3.8, 4) is 5.75 Å². The average molecular weight is 414 g/mol. The van der Waals surface area contributed by atoms with E-state index in [-0.39, 0.29) is 5.78 Å². The Morgan fingerprint density at radius 3 is 2.32 bits per heavy atom. The highest BCUT2D eigenvalue weighted by Gasteiger charge is 2.17. The molecule has 4 aromatic rings. The molecule has 0 saturated heterocycles. The van der Waals surface area contributed by atoms with Crippen LogP contribution in [0, 0.1) is 5.92 Å². The van der Waals surface area contributed by atoms with E-state index >= 15 is 0 Å². The summed E-state index contributed by atoms with van der Waals surface area (Å²) in [6.45, 7) is 5.57. The molecule has 0 aliphatic carbocycles. The Kier molecular flexibility index (Phi) is 6.41. The monoisotopic (exact) mass is 413 g/mol. The maximum absolute atomic E-state index is 13.1. The summed E-state index contributed by atoms with van der Waals surface area (Å²) in [5.41, 5.74) is 3.86. The Balaban J connectivity index is 1.75. The van der Waals surface area contributed by atoms with E-state index in [9.17, 15) is 4.79 Å². The number of para-hydroxylation sites is 1. The van der Waals surface area contributed by atoms with Gasteiger partial charge in [0.2, 0.25) is 0 Å². The fraction of sp³-hybridized carbons (Fsp3) is 0.321. The number of nitrogens with zero attached hydrogens (tertiary/aromatic N) is 1. The first-order chi connectivity index (χ1) is 15.2. The van der Waals surface area contributed by atoms with Crippen molar-refractivity contribution in [2.75, 3.05) is 7.11 Å². The van der Waals surface area contributed by atoms with Gasteiger partial charge in [-0.05, 0) is 60.9 Å². The summed E-state index contributed by atoms with van der Waals surface area (Å²) in [6.07, 6.45) is 4.95. The first kappa shape index (κ1) is 21.2. The van der Waals surface area contributed by atoms with Crippen LogP contribution in [0.2, 0.25) is 0 Å². The standard InChI is InChI=1S/C28H31NO2/c1-4-6-9-20(5-2)19-29-26-11-8-7-10-24(26)25-18-22(14-17-27(25)29)28(30)21-12-15-23(31-3)16-13-21/h7-8,10-18,20H,4-6,9,19H2,1-3H3. The lowest BCUT2D eigenvalue weighted by Crippen LogP contribution is -2.10. The van der Waals surface area contributed by atoms with Gasteiger partial charge < -0.3 is 9.30 Å². The molecule has 3 nitrogen and oxygen atoms in total. The fourth-order valence-corrected chi connectivity index (χ4v) is 4.48. The largest absolute Gasteiger partial charge is 0.497 e. The summed E-state index contributed by atoms with van der Waals surface area (Å²) in [5.74, 6) is 1.46. The van der Waals surface area contributed by atoms with Crippen LogP contribution in [0.3, 0.4) is 0 Å². The van der Waals surface area contributed by atoms with E-state index in [0.717, 1.165) is 23.2 Å². The van der Waals surface area contributed by atoms with E-state index in [1.54, 1.807) is 7.11 Å². The Morgan fingerprint density at radius 1 is 0.903 bits per heavy atom. The van der Waals surface area contributed by atoms with Gasteiger partial charge >= 0.3 is 0 Å². The zero-order valence-electron chi connectivity index (χ0n) is 18.7. The lowest BCUT2D eigenvalue weighted by molar-refractivity contribution is 0.103. The van der Waals surface area contributed by atoms with Gasteiger partial charge in [0.05, 0.1) is 7.11 Å². The molecule has 31 heavy (non-hydrogen) atoms. The molecule has 4 rings (SSSR count). The molecule has 3 aromatic carbocycles. The van der Waals surface area contributed by atoms with Crippen LogP contribution in [0.1, 0.15) is 55.5 Å². The third-order valence-electron chi connectivity index (χ3n) is 6.37. The number of carbonyl (C=O) groups is 1. The summed E-state index contributed by atoms with van der Waals surface area (Å²) in [7, 11) is 1.63. The molecule has 0 radical (unpaired) electrons. The number of ether oxygens (including phenoxy) is 1. The highest BCUT2D eigenvalue weighted by atomic mass is 16.5.